The molecule has 1 atom stereocenters. The number of methoxy groups -OCH3 is 2. The predicted molar refractivity (Wildman–Crippen MR) is 104 cm³/mol. The first kappa shape index (κ1) is 21.7. The first-order chi connectivity index (χ1) is 11.6. The summed E-state index contributed by atoms with van der Waals surface area (Å²) in [5.74, 6) is 6.75. The molecule has 25 heavy (non-hydrogen) atoms. The predicted octanol–water partition coefficient (Wildman–Crippen LogP) is 4.18. The van der Waals surface area contributed by atoms with Gasteiger partial charge in [0.25, 0.3) is 8.32 Å². The molecular weight excluding hydrogens is 332 g/mol. The minimum atomic E-state index is -1.94. The average molecular weight is 365 g/mol. The number of hydrogen-bond donors (Lipinski definition) is 1. The number of ether oxygens (including phenoxy) is 2. The zero-order valence-corrected chi connectivity index (χ0v) is 17.6. The zero-order valence-electron chi connectivity index (χ0n) is 16.6. The fourth-order valence-corrected chi connectivity index (χ4v) is 2.98. The molecule has 0 amide bonds. The maximum atomic E-state index is 10.1. The van der Waals surface area contributed by atoms with Crippen LogP contribution in [0, 0.1) is 11.8 Å². The summed E-state index contributed by atoms with van der Waals surface area (Å²) in [6, 6.07) is 7.75. The van der Waals surface area contributed by atoms with Crippen LogP contribution < -0.4 is 4.43 Å². The normalized spacial score (nSPS) is 13.3. The van der Waals surface area contributed by atoms with Crippen LogP contribution in [0.2, 0.25) is 18.1 Å². The van der Waals surface area contributed by atoms with Crippen molar-refractivity contribution in [3.05, 3.63) is 29.8 Å². The van der Waals surface area contributed by atoms with Crippen LogP contribution in [0.15, 0.2) is 24.3 Å². The topological polar surface area (TPSA) is 47.9 Å². The summed E-state index contributed by atoms with van der Waals surface area (Å²) in [6.45, 7) is 11.0. The number of aliphatic hydroxyl groups excluding tert-OH is 1. The summed E-state index contributed by atoms with van der Waals surface area (Å²) < 4.78 is 16.6. The van der Waals surface area contributed by atoms with Crippen LogP contribution in [0.5, 0.6) is 5.75 Å². The Bertz CT molecular complexity index is 592. The lowest BCUT2D eigenvalue weighted by Crippen LogP contribution is -2.44. The molecule has 1 unspecified atom stereocenters. The molecule has 0 fully saturated rings. The Morgan fingerprint density at radius 2 is 1.68 bits per heavy atom. The van der Waals surface area contributed by atoms with Gasteiger partial charge in [0.1, 0.15) is 11.9 Å². The van der Waals surface area contributed by atoms with E-state index in [1.807, 2.05) is 24.3 Å². The molecule has 0 saturated heterocycles. The van der Waals surface area contributed by atoms with Crippen LogP contribution in [0.4, 0.5) is 0 Å². The van der Waals surface area contributed by atoms with Crippen molar-refractivity contribution in [3.8, 4) is 17.6 Å². The van der Waals surface area contributed by atoms with Gasteiger partial charge in [-0.3, -0.25) is 0 Å². The Labute approximate surface area is 153 Å². The molecule has 1 N–H and O–H groups in total. The van der Waals surface area contributed by atoms with E-state index < -0.39 is 14.4 Å². The first-order valence-corrected chi connectivity index (χ1v) is 11.5. The lowest BCUT2D eigenvalue weighted by Gasteiger charge is -2.36. The van der Waals surface area contributed by atoms with Gasteiger partial charge in [0.2, 0.25) is 0 Å². The third-order valence-electron chi connectivity index (χ3n) is 4.63. The quantitative estimate of drug-likeness (QED) is 0.448. The van der Waals surface area contributed by atoms with Crippen molar-refractivity contribution >= 4 is 8.32 Å². The molecule has 0 heterocycles. The standard InChI is InChI=1S/C20H32O4Si/c1-20(2,3)25(6,7)24-18-11-9-8-10-16(18)12-13-17(21)14-15-19(22-4)23-5/h8-11,17,19,21H,14-15H2,1-7H3. The van der Waals surface area contributed by atoms with Gasteiger partial charge in [-0.1, -0.05) is 44.7 Å². The highest BCUT2D eigenvalue weighted by Gasteiger charge is 2.39. The van der Waals surface area contributed by atoms with Crippen molar-refractivity contribution in [2.75, 3.05) is 14.2 Å². The summed E-state index contributed by atoms with van der Waals surface area (Å²) in [4.78, 5) is 0. The van der Waals surface area contributed by atoms with E-state index in [2.05, 4.69) is 45.7 Å². The number of para-hydroxylation sites is 1. The summed E-state index contributed by atoms with van der Waals surface area (Å²) in [7, 11) is 1.23. The van der Waals surface area contributed by atoms with Crippen molar-refractivity contribution in [2.45, 2.75) is 64.1 Å². The van der Waals surface area contributed by atoms with Crippen molar-refractivity contribution in [1.29, 1.82) is 0 Å². The molecule has 1 aromatic rings. The summed E-state index contributed by atoms with van der Waals surface area (Å²) in [5.41, 5.74) is 0.807. The fraction of sp³-hybridized carbons (Fsp3) is 0.600. The Morgan fingerprint density at radius 1 is 1.08 bits per heavy atom. The molecule has 1 rings (SSSR count). The Morgan fingerprint density at radius 3 is 2.24 bits per heavy atom. The van der Waals surface area contributed by atoms with E-state index >= 15 is 0 Å². The van der Waals surface area contributed by atoms with Gasteiger partial charge in [-0.05, 0) is 36.7 Å². The second-order valence-electron chi connectivity index (χ2n) is 7.62. The summed E-state index contributed by atoms with van der Waals surface area (Å²) >= 11 is 0. The minimum absolute atomic E-state index is 0.113. The third-order valence-corrected chi connectivity index (χ3v) is 8.98. The van der Waals surface area contributed by atoms with Crippen molar-refractivity contribution < 1.29 is 19.0 Å². The van der Waals surface area contributed by atoms with Gasteiger partial charge in [0.15, 0.2) is 6.29 Å². The number of rotatable bonds is 7. The third kappa shape index (κ3) is 6.83. The number of hydrogen-bond acceptors (Lipinski definition) is 4. The van der Waals surface area contributed by atoms with Crippen LogP contribution in [-0.2, 0) is 9.47 Å². The maximum absolute atomic E-state index is 10.1. The molecule has 1 aromatic carbocycles. The van der Waals surface area contributed by atoms with Gasteiger partial charge in [0.05, 0.1) is 5.56 Å². The smallest absolute Gasteiger partial charge is 0.250 e. The second kappa shape index (κ2) is 9.40. The van der Waals surface area contributed by atoms with E-state index in [-0.39, 0.29) is 11.3 Å². The van der Waals surface area contributed by atoms with Crippen LogP contribution >= 0.6 is 0 Å². The molecule has 0 aliphatic heterocycles. The Hall–Kier alpha value is -1.32. The average Bonchev–Trinajstić information content (AvgIpc) is 2.53. The minimum Gasteiger partial charge on any atom is -0.543 e. The van der Waals surface area contributed by atoms with Gasteiger partial charge >= 0.3 is 0 Å². The molecule has 0 aromatic heterocycles. The molecule has 5 heteroatoms. The molecule has 140 valence electrons. The van der Waals surface area contributed by atoms with Gasteiger partial charge in [0, 0.05) is 20.6 Å². The van der Waals surface area contributed by atoms with E-state index in [1.54, 1.807) is 14.2 Å². The molecule has 0 radical (unpaired) electrons. The van der Waals surface area contributed by atoms with Gasteiger partial charge in [-0.2, -0.15) is 0 Å². The molecule has 0 aliphatic carbocycles. The lowest BCUT2D eigenvalue weighted by molar-refractivity contribution is -0.109. The van der Waals surface area contributed by atoms with E-state index in [0.29, 0.717) is 12.8 Å². The van der Waals surface area contributed by atoms with Gasteiger partial charge in [-0.25, -0.2) is 0 Å². The van der Waals surface area contributed by atoms with E-state index in [1.165, 1.54) is 0 Å². The number of benzene rings is 1. The van der Waals surface area contributed by atoms with Crippen molar-refractivity contribution in [1.82, 2.24) is 0 Å². The highest BCUT2D eigenvalue weighted by molar-refractivity contribution is 6.74. The molecule has 0 aliphatic rings. The molecule has 4 nitrogen and oxygen atoms in total. The molecule has 0 bridgehead atoms. The zero-order chi connectivity index (χ0) is 19.1. The molecule has 0 spiro atoms. The van der Waals surface area contributed by atoms with Crippen LogP contribution in [0.25, 0.3) is 0 Å². The van der Waals surface area contributed by atoms with E-state index in [0.717, 1.165) is 11.3 Å². The largest absolute Gasteiger partial charge is 0.543 e. The lowest BCUT2D eigenvalue weighted by atomic mass is 10.1. The fourth-order valence-electron chi connectivity index (χ4n) is 1.95. The molecular formula is C20H32O4Si. The Balaban J connectivity index is 2.85. The van der Waals surface area contributed by atoms with Crippen LogP contribution in [-0.4, -0.2) is 40.0 Å². The first-order valence-electron chi connectivity index (χ1n) is 8.64. The highest BCUT2D eigenvalue weighted by Crippen LogP contribution is 2.38. The monoisotopic (exact) mass is 364 g/mol. The van der Waals surface area contributed by atoms with Crippen molar-refractivity contribution in [3.63, 3.8) is 0 Å². The van der Waals surface area contributed by atoms with Gasteiger partial charge < -0.3 is 19.0 Å². The van der Waals surface area contributed by atoms with Crippen molar-refractivity contribution in [2.24, 2.45) is 0 Å². The second-order valence-corrected chi connectivity index (χ2v) is 12.3. The van der Waals surface area contributed by atoms with Crippen LogP contribution in [0.3, 0.4) is 0 Å². The van der Waals surface area contributed by atoms with E-state index in [4.69, 9.17) is 13.9 Å². The number of aliphatic hydroxyl groups is 1. The SMILES string of the molecule is COC(CCC(O)C#Cc1ccccc1O[Si](C)(C)C(C)(C)C)OC. The maximum Gasteiger partial charge on any atom is 0.250 e. The Kier molecular flexibility index (Phi) is 8.16. The van der Waals surface area contributed by atoms with Gasteiger partial charge in [-0.15, -0.1) is 0 Å². The van der Waals surface area contributed by atoms with E-state index in [9.17, 15) is 5.11 Å². The molecule has 0 saturated carbocycles. The summed E-state index contributed by atoms with van der Waals surface area (Å²) in [5, 5.41) is 10.2. The highest BCUT2D eigenvalue weighted by atomic mass is 28.4. The van der Waals surface area contributed by atoms with Crippen LogP contribution in [0.1, 0.15) is 39.2 Å². The summed E-state index contributed by atoms with van der Waals surface area (Å²) in [6.07, 6.45) is 0.0367.